The standard InChI is InChI=1S/C18H28N2/c1-6-11-16(7-2)14-20(8-3)18-13-10-9-12-17(18)15(4)19-5/h6-7,11,19H,1-2,4,8-10,12-14H2,3,5H3/b16-11+. The molecule has 0 aliphatic heterocycles. The number of nitrogens with zero attached hydrogens (tertiary/aromatic N) is 1. The third-order valence-corrected chi connectivity index (χ3v) is 3.84. The van der Waals surface area contributed by atoms with Gasteiger partial charge in [0.05, 0.1) is 0 Å². The van der Waals surface area contributed by atoms with Crippen molar-refractivity contribution in [2.45, 2.75) is 32.6 Å². The van der Waals surface area contributed by atoms with Crippen LogP contribution in [-0.4, -0.2) is 25.0 Å². The summed E-state index contributed by atoms with van der Waals surface area (Å²) in [5.41, 5.74) is 5.10. The van der Waals surface area contributed by atoms with Gasteiger partial charge in [-0.15, -0.1) is 0 Å². The third-order valence-electron chi connectivity index (χ3n) is 3.84. The highest BCUT2D eigenvalue weighted by Crippen LogP contribution is 2.30. The molecular weight excluding hydrogens is 244 g/mol. The maximum Gasteiger partial charge on any atom is 0.0426 e. The minimum Gasteiger partial charge on any atom is -0.388 e. The van der Waals surface area contributed by atoms with E-state index in [0.29, 0.717) is 0 Å². The maximum atomic E-state index is 4.15. The highest BCUT2D eigenvalue weighted by molar-refractivity contribution is 5.34. The normalized spacial score (nSPS) is 15.8. The summed E-state index contributed by atoms with van der Waals surface area (Å²) < 4.78 is 0. The van der Waals surface area contributed by atoms with E-state index in [-0.39, 0.29) is 0 Å². The second kappa shape index (κ2) is 8.47. The highest BCUT2D eigenvalue weighted by Gasteiger charge is 2.19. The first-order chi connectivity index (χ1) is 9.67. The molecule has 2 heteroatoms. The Kier molecular flexibility index (Phi) is 6.92. The van der Waals surface area contributed by atoms with Crippen LogP contribution in [0.1, 0.15) is 32.6 Å². The first kappa shape index (κ1) is 16.4. The molecule has 1 aliphatic carbocycles. The molecule has 0 atom stereocenters. The van der Waals surface area contributed by atoms with Crippen molar-refractivity contribution < 1.29 is 0 Å². The number of hydrogen-bond donors (Lipinski definition) is 1. The Morgan fingerprint density at radius 1 is 1.30 bits per heavy atom. The molecule has 1 aliphatic rings. The van der Waals surface area contributed by atoms with E-state index in [1.807, 2.05) is 25.3 Å². The predicted molar refractivity (Wildman–Crippen MR) is 89.4 cm³/mol. The average molecular weight is 272 g/mol. The third kappa shape index (κ3) is 4.16. The molecule has 0 saturated carbocycles. The largest absolute Gasteiger partial charge is 0.388 e. The highest BCUT2D eigenvalue weighted by atomic mass is 15.1. The number of nitrogens with one attached hydrogen (secondary N) is 1. The average Bonchev–Trinajstić information content (AvgIpc) is 2.50. The van der Waals surface area contributed by atoms with Gasteiger partial charge in [-0.3, -0.25) is 0 Å². The van der Waals surface area contributed by atoms with Crippen molar-refractivity contribution in [3.63, 3.8) is 0 Å². The van der Waals surface area contributed by atoms with Crippen molar-refractivity contribution >= 4 is 0 Å². The Balaban J connectivity index is 3.03. The molecule has 0 bridgehead atoms. The van der Waals surface area contributed by atoms with Crippen LogP contribution < -0.4 is 5.32 Å². The molecule has 1 N–H and O–H groups in total. The molecule has 1 rings (SSSR count). The fraction of sp³-hybridized carbons (Fsp3) is 0.444. The monoisotopic (exact) mass is 272 g/mol. The Morgan fingerprint density at radius 2 is 2.00 bits per heavy atom. The summed E-state index contributed by atoms with van der Waals surface area (Å²) in [5, 5.41) is 3.21. The van der Waals surface area contributed by atoms with Crippen LogP contribution in [0.4, 0.5) is 0 Å². The van der Waals surface area contributed by atoms with E-state index in [1.165, 1.54) is 29.7 Å². The SMILES string of the molecule is C=C/C=C(\C=C)CN(CC)C1=C(C(=C)NC)CCCC1. The van der Waals surface area contributed by atoms with Crippen LogP contribution in [0.2, 0.25) is 0 Å². The van der Waals surface area contributed by atoms with E-state index < -0.39 is 0 Å². The van der Waals surface area contributed by atoms with Gasteiger partial charge >= 0.3 is 0 Å². The van der Waals surface area contributed by atoms with Crippen molar-refractivity contribution in [3.05, 3.63) is 60.5 Å². The molecule has 0 unspecified atom stereocenters. The molecule has 110 valence electrons. The summed E-state index contributed by atoms with van der Waals surface area (Å²) >= 11 is 0. The first-order valence-corrected chi connectivity index (χ1v) is 7.45. The van der Waals surface area contributed by atoms with Gasteiger partial charge < -0.3 is 10.2 Å². The summed E-state index contributed by atoms with van der Waals surface area (Å²) in [6.45, 7) is 15.9. The molecule has 0 saturated heterocycles. The van der Waals surface area contributed by atoms with E-state index >= 15 is 0 Å². The van der Waals surface area contributed by atoms with Gasteiger partial charge in [0.2, 0.25) is 0 Å². The molecule has 0 aromatic carbocycles. The Bertz CT molecular complexity index is 427. The second-order valence-corrected chi connectivity index (χ2v) is 5.06. The minimum atomic E-state index is 0.891. The number of rotatable bonds is 8. The summed E-state index contributed by atoms with van der Waals surface area (Å²) in [4.78, 5) is 2.44. The lowest BCUT2D eigenvalue weighted by Crippen LogP contribution is -2.28. The Hall–Kier alpha value is -1.70. The number of hydrogen-bond acceptors (Lipinski definition) is 2. The molecule has 20 heavy (non-hydrogen) atoms. The van der Waals surface area contributed by atoms with Crippen molar-refractivity contribution in [1.82, 2.24) is 10.2 Å². The van der Waals surface area contributed by atoms with Crippen molar-refractivity contribution in [2.24, 2.45) is 0 Å². The fourth-order valence-electron chi connectivity index (χ4n) is 2.67. The van der Waals surface area contributed by atoms with Gasteiger partial charge in [0.15, 0.2) is 0 Å². The van der Waals surface area contributed by atoms with Gasteiger partial charge in [0, 0.05) is 31.5 Å². The minimum absolute atomic E-state index is 0.891. The zero-order valence-corrected chi connectivity index (χ0v) is 13.0. The molecule has 0 fully saturated rings. The van der Waals surface area contributed by atoms with Crippen LogP contribution in [0.5, 0.6) is 0 Å². The van der Waals surface area contributed by atoms with E-state index in [1.54, 1.807) is 0 Å². The summed E-state index contributed by atoms with van der Waals surface area (Å²) in [6.07, 6.45) is 10.6. The van der Waals surface area contributed by atoms with Crippen LogP contribution in [0.25, 0.3) is 0 Å². The lowest BCUT2D eigenvalue weighted by molar-refractivity contribution is 0.360. The van der Waals surface area contributed by atoms with Crippen LogP contribution in [-0.2, 0) is 0 Å². The first-order valence-electron chi connectivity index (χ1n) is 7.45. The van der Waals surface area contributed by atoms with Crippen molar-refractivity contribution in [2.75, 3.05) is 20.1 Å². The lowest BCUT2D eigenvalue weighted by atomic mass is 9.93. The molecule has 0 amide bonds. The van der Waals surface area contributed by atoms with E-state index in [9.17, 15) is 0 Å². The summed E-state index contributed by atoms with van der Waals surface area (Å²) in [5.74, 6) is 0. The Labute approximate surface area is 124 Å². The van der Waals surface area contributed by atoms with Gasteiger partial charge in [-0.05, 0) is 43.8 Å². The number of likely N-dealkylation sites (N-methyl/N-ethyl adjacent to an activating group) is 2. The summed E-state index contributed by atoms with van der Waals surface area (Å²) in [7, 11) is 1.95. The number of allylic oxidation sites excluding steroid dienone is 4. The van der Waals surface area contributed by atoms with E-state index in [4.69, 9.17) is 0 Å². The van der Waals surface area contributed by atoms with Gasteiger partial charge in [-0.2, -0.15) is 0 Å². The zero-order chi connectivity index (χ0) is 15.0. The van der Waals surface area contributed by atoms with E-state index in [2.05, 4.69) is 36.9 Å². The predicted octanol–water partition coefficient (Wildman–Crippen LogP) is 4.17. The lowest BCUT2D eigenvalue weighted by Gasteiger charge is -2.32. The van der Waals surface area contributed by atoms with Crippen molar-refractivity contribution in [1.29, 1.82) is 0 Å². The van der Waals surface area contributed by atoms with Crippen LogP contribution in [0.15, 0.2) is 60.5 Å². The second-order valence-electron chi connectivity index (χ2n) is 5.06. The topological polar surface area (TPSA) is 15.3 Å². The van der Waals surface area contributed by atoms with Crippen LogP contribution >= 0.6 is 0 Å². The molecule has 0 aromatic heterocycles. The molecule has 0 spiro atoms. The van der Waals surface area contributed by atoms with Gasteiger partial charge in [0.1, 0.15) is 0 Å². The van der Waals surface area contributed by atoms with Crippen LogP contribution in [0.3, 0.4) is 0 Å². The van der Waals surface area contributed by atoms with Crippen molar-refractivity contribution in [3.8, 4) is 0 Å². The molecule has 0 radical (unpaired) electrons. The smallest absolute Gasteiger partial charge is 0.0426 e. The molecule has 2 nitrogen and oxygen atoms in total. The summed E-state index contributed by atoms with van der Waals surface area (Å²) in [6, 6.07) is 0. The fourth-order valence-corrected chi connectivity index (χ4v) is 2.67. The Morgan fingerprint density at radius 3 is 2.55 bits per heavy atom. The molecule has 0 heterocycles. The quantitative estimate of drug-likeness (QED) is 0.667. The zero-order valence-electron chi connectivity index (χ0n) is 13.0. The van der Waals surface area contributed by atoms with Gasteiger partial charge in [-0.25, -0.2) is 0 Å². The van der Waals surface area contributed by atoms with Crippen LogP contribution in [0, 0.1) is 0 Å². The molecular formula is C18H28N2. The van der Waals surface area contributed by atoms with Gasteiger partial charge in [-0.1, -0.05) is 38.0 Å². The molecule has 0 aromatic rings. The van der Waals surface area contributed by atoms with Gasteiger partial charge in [0.25, 0.3) is 0 Å². The maximum absolute atomic E-state index is 4.15. The van der Waals surface area contributed by atoms with E-state index in [0.717, 1.165) is 31.6 Å².